The summed E-state index contributed by atoms with van der Waals surface area (Å²) in [5, 5.41) is 6.87. The van der Waals surface area contributed by atoms with Gasteiger partial charge >= 0.3 is 0 Å². The van der Waals surface area contributed by atoms with Crippen LogP contribution in [0.1, 0.15) is 18.9 Å². The van der Waals surface area contributed by atoms with Gasteiger partial charge in [-0.1, -0.05) is 12.1 Å². The number of guanidine groups is 1. The van der Waals surface area contributed by atoms with Crippen LogP contribution in [0.15, 0.2) is 29.3 Å². The number of aliphatic imine (C=N–C) groups is 1. The molecule has 0 aromatic heterocycles. The number of nitrogens with one attached hydrogen (secondary N) is 2. The Labute approximate surface area is 159 Å². The average molecular weight is 381 g/mol. The first-order valence-electron chi connectivity index (χ1n) is 9.39. The summed E-state index contributed by atoms with van der Waals surface area (Å²) in [5.41, 5.74) is 1.18. The summed E-state index contributed by atoms with van der Waals surface area (Å²) in [6.07, 6.45) is 1.20. The van der Waals surface area contributed by atoms with Gasteiger partial charge < -0.3 is 15.4 Å². The molecule has 2 fully saturated rings. The molecule has 2 N–H and O–H groups in total. The molecule has 0 bridgehead atoms. The minimum absolute atomic E-state index is 0.181. The fourth-order valence-corrected chi connectivity index (χ4v) is 4.96. The standard InChI is InChI=1S/C19H29FN4OS/c1-2-21-18(22-13-16-3-5-17(20)6-4-16)23-14-19(7-12-26-15-19)24-8-10-25-11-9-24/h3-6H,2,7-15H2,1H3,(H2,21,22,23). The van der Waals surface area contributed by atoms with E-state index in [9.17, 15) is 4.39 Å². The van der Waals surface area contributed by atoms with Gasteiger partial charge in [-0.05, 0) is 36.8 Å². The Morgan fingerprint density at radius 1 is 1.27 bits per heavy atom. The third-order valence-corrected chi connectivity index (χ3v) is 6.26. The summed E-state index contributed by atoms with van der Waals surface area (Å²) in [4.78, 5) is 7.26. The van der Waals surface area contributed by atoms with Crippen LogP contribution in [0.5, 0.6) is 0 Å². The molecule has 1 aromatic carbocycles. The second-order valence-electron chi connectivity index (χ2n) is 6.80. The van der Waals surface area contributed by atoms with Crippen molar-refractivity contribution in [3.63, 3.8) is 0 Å². The van der Waals surface area contributed by atoms with Crippen molar-refractivity contribution in [3.05, 3.63) is 35.6 Å². The fraction of sp³-hybridized carbons (Fsp3) is 0.632. The summed E-state index contributed by atoms with van der Waals surface area (Å²) in [7, 11) is 0. The number of hydrogen-bond donors (Lipinski definition) is 2. The van der Waals surface area contributed by atoms with Gasteiger partial charge in [0, 0.05) is 37.5 Å². The van der Waals surface area contributed by atoms with E-state index in [-0.39, 0.29) is 11.4 Å². The van der Waals surface area contributed by atoms with Gasteiger partial charge in [-0.15, -0.1) is 0 Å². The van der Waals surface area contributed by atoms with Crippen molar-refractivity contribution in [1.82, 2.24) is 15.5 Å². The normalized spacial score (nSPS) is 24.6. The number of halogens is 1. The van der Waals surface area contributed by atoms with E-state index < -0.39 is 0 Å². The highest BCUT2D eigenvalue weighted by Gasteiger charge is 2.40. The van der Waals surface area contributed by atoms with Crippen molar-refractivity contribution in [3.8, 4) is 0 Å². The van der Waals surface area contributed by atoms with Gasteiger partial charge in [0.25, 0.3) is 0 Å². The highest BCUT2D eigenvalue weighted by atomic mass is 32.2. The van der Waals surface area contributed by atoms with E-state index in [0.717, 1.165) is 56.7 Å². The van der Waals surface area contributed by atoms with Crippen molar-refractivity contribution >= 4 is 17.7 Å². The number of benzene rings is 1. The van der Waals surface area contributed by atoms with Crippen LogP contribution >= 0.6 is 11.8 Å². The smallest absolute Gasteiger partial charge is 0.191 e. The van der Waals surface area contributed by atoms with E-state index in [1.54, 1.807) is 12.1 Å². The zero-order valence-electron chi connectivity index (χ0n) is 15.5. The first kappa shape index (κ1) is 19.5. The number of ether oxygens (including phenoxy) is 1. The number of morpholine rings is 1. The van der Waals surface area contributed by atoms with Crippen LogP contribution < -0.4 is 10.6 Å². The summed E-state index contributed by atoms with van der Waals surface area (Å²) in [5.74, 6) is 2.97. The quantitative estimate of drug-likeness (QED) is 0.585. The second kappa shape index (κ2) is 9.58. The molecular weight excluding hydrogens is 351 g/mol. The van der Waals surface area contributed by atoms with E-state index in [4.69, 9.17) is 4.74 Å². The van der Waals surface area contributed by atoms with Gasteiger partial charge in [-0.25, -0.2) is 9.38 Å². The van der Waals surface area contributed by atoms with Crippen LogP contribution in [-0.4, -0.2) is 67.3 Å². The molecule has 144 valence electrons. The zero-order valence-corrected chi connectivity index (χ0v) is 16.3. The Morgan fingerprint density at radius 2 is 2.04 bits per heavy atom. The van der Waals surface area contributed by atoms with Crippen LogP contribution in [-0.2, 0) is 11.3 Å². The van der Waals surface area contributed by atoms with E-state index in [0.29, 0.717) is 6.54 Å². The highest BCUT2D eigenvalue weighted by Crippen LogP contribution is 2.33. The first-order chi connectivity index (χ1) is 12.7. The number of hydrogen-bond acceptors (Lipinski definition) is 4. The van der Waals surface area contributed by atoms with Crippen molar-refractivity contribution in [2.75, 3.05) is 50.9 Å². The van der Waals surface area contributed by atoms with E-state index in [1.807, 2.05) is 11.8 Å². The Hall–Kier alpha value is -1.31. The minimum atomic E-state index is -0.214. The third-order valence-electron chi connectivity index (χ3n) is 5.03. The van der Waals surface area contributed by atoms with Crippen LogP contribution in [0.2, 0.25) is 0 Å². The molecule has 5 nitrogen and oxygen atoms in total. The number of nitrogens with zero attached hydrogens (tertiary/aromatic N) is 2. The lowest BCUT2D eigenvalue weighted by Crippen LogP contribution is -2.60. The van der Waals surface area contributed by atoms with Gasteiger partial charge in [0.1, 0.15) is 5.82 Å². The molecule has 0 radical (unpaired) electrons. The summed E-state index contributed by atoms with van der Waals surface area (Å²) in [6, 6.07) is 6.53. The maximum absolute atomic E-state index is 13.0. The maximum atomic E-state index is 13.0. The van der Waals surface area contributed by atoms with Gasteiger partial charge in [0.15, 0.2) is 5.96 Å². The molecule has 0 aliphatic carbocycles. The lowest BCUT2D eigenvalue weighted by molar-refractivity contribution is -0.0120. The van der Waals surface area contributed by atoms with Gasteiger partial charge in [0.05, 0.1) is 19.8 Å². The Bertz CT molecular complexity index is 584. The molecule has 0 amide bonds. The molecule has 1 unspecified atom stereocenters. The molecule has 2 saturated heterocycles. The van der Waals surface area contributed by atoms with E-state index in [2.05, 4.69) is 27.4 Å². The molecule has 0 spiro atoms. The monoisotopic (exact) mass is 380 g/mol. The molecule has 2 aliphatic rings. The molecular formula is C19H29FN4OS. The highest BCUT2D eigenvalue weighted by molar-refractivity contribution is 7.99. The van der Waals surface area contributed by atoms with Crippen molar-refractivity contribution in [2.45, 2.75) is 25.4 Å². The van der Waals surface area contributed by atoms with E-state index >= 15 is 0 Å². The Morgan fingerprint density at radius 3 is 2.69 bits per heavy atom. The van der Waals surface area contributed by atoms with Crippen molar-refractivity contribution in [1.29, 1.82) is 0 Å². The molecule has 26 heavy (non-hydrogen) atoms. The molecule has 2 aliphatic heterocycles. The van der Waals surface area contributed by atoms with Gasteiger partial charge in [-0.3, -0.25) is 4.90 Å². The van der Waals surface area contributed by atoms with Crippen molar-refractivity contribution < 1.29 is 9.13 Å². The van der Waals surface area contributed by atoms with Gasteiger partial charge in [-0.2, -0.15) is 11.8 Å². The molecule has 2 heterocycles. The molecule has 1 atom stereocenters. The first-order valence-corrected chi connectivity index (χ1v) is 10.5. The Balaban J connectivity index is 1.62. The van der Waals surface area contributed by atoms with E-state index in [1.165, 1.54) is 24.3 Å². The zero-order chi connectivity index (χ0) is 18.2. The molecule has 0 saturated carbocycles. The third kappa shape index (κ3) is 5.11. The van der Waals surface area contributed by atoms with Crippen LogP contribution in [0.4, 0.5) is 4.39 Å². The second-order valence-corrected chi connectivity index (χ2v) is 7.91. The topological polar surface area (TPSA) is 48.9 Å². The number of rotatable bonds is 6. The predicted octanol–water partition coefficient (Wildman–Crippen LogP) is 2.09. The van der Waals surface area contributed by atoms with Crippen molar-refractivity contribution in [2.24, 2.45) is 4.99 Å². The lowest BCUT2D eigenvalue weighted by Gasteiger charge is -2.43. The fourth-order valence-electron chi connectivity index (χ4n) is 3.48. The summed E-state index contributed by atoms with van der Waals surface area (Å²) in [6.45, 7) is 7.96. The summed E-state index contributed by atoms with van der Waals surface area (Å²) >= 11 is 2.03. The Kier molecular flexibility index (Phi) is 7.16. The number of thioether (sulfide) groups is 1. The summed E-state index contributed by atoms with van der Waals surface area (Å²) < 4.78 is 18.6. The maximum Gasteiger partial charge on any atom is 0.191 e. The minimum Gasteiger partial charge on any atom is -0.379 e. The largest absolute Gasteiger partial charge is 0.379 e. The molecule has 1 aromatic rings. The van der Waals surface area contributed by atoms with Crippen LogP contribution in [0.25, 0.3) is 0 Å². The SMILES string of the molecule is CCNC(=NCc1ccc(F)cc1)NCC1(N2CCOCC2)CCSC1. The molecule has 7 heteroatoms. The van der Waals surface area contributed by atoms with Crippen LogP contribution in [0.3, 0.4) is 0 Å². The predicted molar refractivity (Wildman–Crippen MR) is 106 cm³/mol. The van der Waals surface area contributed by atoms with Gasteiger partial charge in [0.2, 0.25) is 0 Å². The lowest BCUT2D eigenvalue weighted by atomic mass is 9.95. The molecule has 3 rings (SSSR count). The average Bonchev–Trinajstić information content (AvgIpc) is 3.16. The van der Waals surface area contributed by atoms with Crippen LogP contribution in [0, 0.1) is 5.82 Å².